The van der Waals surface area contributed by atoms with E-state index in [1.807, 2.05) is 26.1 Å². The zero-order chi connectivity index (χ0) is 11.3. The number of carbonyl (C=O) groups is 1. The van der Waals surface area contributed by atoms with Gasteiger partial charge >= 0.3 is 0 Å². The van der Waals surface area contributed by atoms with Crippen molar-refractivity contribution >= 4 is 30.7 Å². The van der Waals surface area contributed by atoms with E-state index in [9.17, 15) is 4.79 Å². The summed E-state index contributed by atoms with van der Waals surface area (Å²) in [5, 5.41) is 3.01. The highest BCUT2D eigenvalue weighted by atomic mass is 35.5. The molecule has 0 saturated heterocycles. The minimum atomic E-state index is -0.0247. The van der Waals surface area contributed by atoms with Crippen LogP contribution >= 0.6 is 24.8 Å². The topological polar surface area (TPSA) is 45.2 Å². The number of pyridine rings is 1. The normalized spacial score (nSPS) is 8.88. The second-order valence-electron chi connectivity index (χ2n) is 3.50. The van der Waals surface area contributed by atoms with Gasteiger partial charge in [-0.25, -0.2) is 0 Å². The van der Waals surface area contributed by atoms with Gasteiger partial charge in [-0.15, -0.1) is 24.8 Å². The van der Waals surface area contributed by atoms with Gasteiger partial charge in [-0.05, 0) is 25.6 Å². The van der Waals surface area contributed by atoms with Crippen LogP contribution in [0.25, 0.3) is 0 Å². The Labute approximate surface area is 115 Å². The average molecular weight is 280 g/mol. The van der Waals surface area contributed by atoms with Gasteiger partial charge in [0.15, 0.2) is 0 Å². The standard InChI is InChI=1S/C11H17N3O.2ClH/c1-9-5-4-6-13-10(9)11(15)14(3)8-7-12-2;;/h4-6,12H,7-8H2,1-3H3;2*1H. The molecule has 6 heteroatoms. The molecule has 0 aliphatic rings. The highest BCUT2D eigenvalue weighted by Crippen LogP contribution is 2.05. The molecule has 98 valence electrons. The SMILES string of the molecule is CNCCN(C)C(=O)c1ncccc1C.Cl.Cl. The number of nitrogens with zero attached hydrogens (tertiary/aromatic N) is 2. The van der Waals surface area contributed by atoms with Gasteiger partial charge in [0.25, 0.3) is 5.91 Å². The van der Waals surface area contributed by atoms with Crippen LogP contribution in [-0.4, -0.2) is 43.0 Å². The van der Waals surface area contributed by atoms with Crippen molar-refractivity contribution < 1.29 is 4.79 Å². The first-order chi connectivity index (χ1) is 7.16. The fourth-order valence-electron chi connectivity index (χ4n) is 1.27. The maximum absolute atomic E-state index is 11.9. The van der Waals surface area contributed by atoms with Gasteiger partial charge in [-0.1, -0.05) is 6.07 Å². The van der Waals surface area contributed by atoms with E-state index in [0.717, 1.165) is 12.1 Å². The molecular formula is C11H19Cl2N3O. The zero-order valence-corrected chi connectivity index (χ0v) is 11.9. The molecule has 0 aromatic carbocycles. The van der Waals surface area contributed by atoms with Crippen molar-refractivity contribution in [1.29, 1.82) is 0 Å². The van der Waals surface area contributed by atoms with E-state index in [1.165, 1.54) is 0 Å². The van der Waals surface area contributed by atoms with E-state index >= 15 is 0 Å². The molecule has 0 atom stereocenters. The Bertz CT molecular complexity index is 347. The molecule has 1 aromatic heterocycles. The van der Waals surface area contributed by atoms with E-state index in [1.54, 1.807) is 18.1 Å². The number of amides is 1. The van der Waals surface area contributed by atoms with E-state index < -0.39 is 0 Å². The van der Waals surface area contributed by atoms with Crippen molar-refractivity contribution in [1.82, 2.24) is 15.2 Å². The molecule has 1 aromatic rings. The number of carbonyl (C=O) groups excluding carboxylic acids is 1. The lowest BCUT2D eigenvalue weighted by Gasteiger charge is -2.17. The Hall–Kier alpha value is -0.840. The van der Waals surface area contributed by atoms with Crippen molar-refractivity contribution in [2.24, 2.45) is 0 Å². The lowest BCUT2D eigenvalue weighted by atomic mass is 10.2. The van der Waals surface area contributed by atoms with Crippen molar-refractivity contribution in [2.45, 2.75) is 6.92 Å². The van der Waals surface area contributed by atoms with Gasteiger partial charge in [-0.2, -0.15) is 0 Å². The summed E-state index contributed by atoms with van der Waals surface area (Å²) in [5.41, 5.74) is 1.45. The Morgan fingerprint density at radius 1 is 1.47 bits per heavy atom. The summed E-state index contributed by atoms with van der Waals surface area (Å²) in [6, 6.07) is 3.73. The van der Waals surface area contributed by atoms with Gasteiger partial charge in [0, 0.05) is 26.3 Å². The van der Waals surface area contributed by atoms with Crippen LogP contribution in [0.3, 0.4) is 0 Å². The molecule has 0 spiro atoms. The zero-order valence-electron chi connectivity index (χ0n) is 10.3. The van der Waals surface area contributed by atoms with Crippen molar-refractivity contribution in [3.63, 3.8) is 0 Å². The number of halogens is 2. The van der Waals surface area contributed by atoms with E-state index in [4.69, 9.17) is 0 Å². The van der Waals surface area contributed by atoms with Crippen LogP contribution in [0.5, 0.6) is 0 Å². The molecule has 0 aliphatic heterocycles. The molecule has 0 aliphatic carbocycles. The Morgan fingerprint density at radius 3 is 2.65 bits per heavy atom. The number of hydrogen-bond acceptors (Lipinski definition) is 3. The molecule has 0 unspecified atom stereocenters. The summed E-state index contributed by atoms with van der Waals surface area (Å²) in [5.74, 6) is -0.0247. The average Bonchev–Trinajstić information content (AvgIpc) is 2.25. The summed E-state index contributed by atoms with van der Waals surface area (Å²) in [4.78, 5) is 17.7. The first kappa shape index (κ1) is 18.5. The van der Waals surface area contributed by atoms with Crippen molar-refractivity contribution in [3.8, 4) is 0 Å². The summed E-state index contributed by atoms with van der Waals surface area (Å²) in [6.45, 7) is 3.37. The molecule has 1 heterocycles. The van der Waals surface area contributed by atoms with Gasteiger partial charge < -0.3 is 10.2 Å². The number of likely N-dealkylation sites (N-methyl/N-ethyl adjacent to an activating group) is 2. The number of nitrogens with one attached hydrogen (secondary N) is 1. The maximum atomic E-state index is 11.9. The van der Waals surface area contributed by atoms with E-state index in [0.29, 0.717) is 12.2 Å². The molecule has 0 fully saturated rings. The highest BCUT2D eigenvalue weighted by molar-refractivity contribution is 5.93. The third-order valence-electron chi connectivity index (χ3n) is 2.26. The van der Waals surface area contributed by atoms with Crippen LogP contribution < -0.4 is 5.32 Å². The summed E-state index contributed by atoms with van der Waals surface area (Å²) in [7, 11) is 3.65. The lowest BCUT2D eigenvalue weighted by Crippen LogP contribution is -2.33. The van der Waals surface area contributed by atoms with Gasteiger partial charge in [0.2, 0.25) is 0 Å². The predicted molar refractivity (Wildman–Crippen MR) is 74.4 cm³/mol. The predicted octanol–water partition coefficient (Wildman–Crippen LogP) is 1.53. The minimum absolute atomic E-state index is 0. The molecule has 0 bridgehead atoms. The van der Waals surface area contributed by atoms with Gasteiger partial charge in [-0.3, -0.25) is 9.78 Å². The van der Waals surface area contributed by atoms with Gasteiger partial charge in [0.1, 0.15) is 5.69 Å². The number of hydrogen-bond donors (Lipinski definition) is 1. The highest BCUT2D eigenvalue weighted by Gasteiger charge is 2.14. The third-order valence-corrected chi connectivity index (χ3v) is 2.26. The van der Waals surface area contributed by atoms with Crippen LogP contribution in [0.1, 0.15) is 16.1 Å². The Kier molecular flexibility index (Phi) is 10.0. The number of aromatic nitrogens is 1. The smallest absolute Gasteiger partial charge is 0.272 e. The molecule has 0 radical (unpaired) electrons. The fraction of sp³-hybridized carbons (Fsp3) is 0.455. The third kappa shape index (κ3) is 5.35. The summed E-state index contributed by atoms with van der Waals surface area (Å²) >= 11 is 0. The molecule has 17 heavy (non-hydrogen) atoms. The monoisotopic (exact) mass is 279 g/mol. The maximum Gasteiger partial charge on any atom is 0.272 e. The Balaban J connectivity index is 0. The lowest BCUT2D eigenvalue weighted by molar-refractivity contribution is 0.0790. The minimum Gasteiger partial charge on any atom is -0.339 e. The van der Waals surface area contributed by atoms with Crippen molar-refractivity contribution in [2.75, 3.05) is 27.2 Å². The van der Waals surface area contributed by atoms with Gasteiger partial charge in [0.05, 0.1) is 0 Å². The molecule has 1 rings (SSSR count). The molecule has 1 amide bonds. The van der Waals surface area contributed by atoms with Crippen LogP contribution in [-0.2, 0) is 0 Å². The molecule has 0 saturated carbocycles. The molecule has 4 nitrogen and oxygen atoms in total. The van der Waals surface area contributed by atoms with E-state index in [2.05, 4.69) is 10.3 Å². The van der Waals surface area contributed by atoms with Crippen LogP contribution in [0.4, 0.5) is 0 Å². The second-order valence-corrected chi connectivity index (χ2v) is 3.50. The first-order valence-corrected chi connectivity index (χ1v) is 4.98. The number of rotatable bonds is 4. The summed E-state index contributed by atoms with van der Waals surface area (Å²) in [6.07, 6.45) is 1.64. The Morgan fingerprint density at radius 2 is 2.12 bits per heavy atom. The van der Waals surface area contributed by atoms with Crippen LogP contribution in [0, 0.1) is 6.92 Å². The van der Waals surface area contributed by atoms with E-state index in [-0.39, 0.29) is 30.7 Å². The van der Waals surface area contributed by atoms with Crippen molar-refractivity contribution in [3.05, 3.63) is 29.6 Å². The summed E-state index contributed by atoms with van der Waals surface area (Å²) < 4.78 is 0. The molecular weight excluding hydrogens is 261 g/mol. The van der Waals surface area contributed by atoms with Crippen LogP contribution in [0.2, 0.25) is 0 Å². The fourth-order valence-corrected chi connectivity index (χ4v) is 1.27. The molecule has 1 N–H and O–H groups in total. The second kappa shape index (κ2) is 9.22. The number of aryl methyl sites for hydroxylation is 1. The quantitative estimate of drug-likeness (QED) is 0.909. The largest absolute Gasteiger partial charge is 0.339 e. The van der Waals surface area contributed by atoms with Crippen LogP contribution in [0.15, 0.2) is 18.3 Å². The first-order valence-electron chi connectivity index (χ1n) is 4.98.